The van der Waals surface area contributed by atoms with Crippen molar-refractivity contribution in [3.63, 3.8) is 0 Å². The maximum atomic E-state index is 11.7. The Kier molecular flexibility index (Phi) is 13.2. The summed E-state index contributed by atoms with van der Waals surface area (Å²) in [6.07, 6.45) is 3.68. The molecular weight excluding hydrogens is 452 g/mol. The minimum Gasteiger partial charge on any atom is -0.465 e. The van der Waals surface area contributed by atoms with Crippen LogP contribution in [0.15, 0.2) is 74.9 Å². The molecule has 0 spiro atoms. The molecule has 1 aliphatic rings. The lowest BCUT2D eigenvalue weighted by atomic mass is 9.98. The van der Waals surface area contributed by atoms with Gasteiger partial charge in [-0.15, -0.1) is 26.3 Å². The van der Waals surface area contributed by atoms with E-state index in [0.717, 1.165) is 5.56 Å². The average Bonchev–Trinajstić information content (AvgIpc) is 2.89. The smallest absolute Gasteiger partial charge is 0.337 e. The summed E-state index contributed by atoms with van der Waals surface area (Å²) in [4.78, 5) is 11.7. The average molecular weight is 489 g/mol. The molecule has 0 amide bonds. The molecule has 1 saturated heterocycles. The molecule has 192 valence electrons. The molecule has 35 heavy (non-hydrogen) atoms. The Hall–Kier alpha value is -2.59. The highest BCUT2D eigenvalue weighted by Gasteiger charge is 2.48. The molecule has 0 aromatic heterocycles. The second-order valence-electron chi connectivity index (χ2n) is 7.63. The number of ether oxygens (including phenoxy) is 7. The fraction of sp³-hybridized carbons (Fsp3) is 0.444. The first-order valence-electron chi connectivity index (χ1n) is 11.4. The van der Waals surface area contributed by atoms with Crippen molar-refractivity contribution < 1.29 is 38.0 Å². The summed E-state index contributed by atoms with van der Waals surface area (Å²) < 4.78 is 41.0. The van der Waals surface area contributed by atoms with Crippen molar-refractivity contribution in [1.29, 1.82) is 0 Å². The fourth-order valence-electron chi connectivity index (χ4n) is 3.55. The highest BCUT2D eigenvalue weighted by molar-refractivity contribution is 5.89. The Labute approximate surface area is 207 Å². The van der Waals surface area contributed by atoms with E-state index in [2.05, 4.69) is 26.3 Å². The van der Waals surface area contributed by atoms with Crippen molar-refractivity contribution >= 4 is 5.97 Å². The summed E-state index contributed by atoms with van der Waals surface area (Å²) in [5.41, 5.74) is 1.30. The fourth-order valence-corrected chi connectivity index (χ4v) is 3.55. The Morgan fingerprint density at radius 1 is 0.829 bits per heavy atom. The minimum atomic E-state index is -0.786. The van der Waals surface area contributed by atoms with Crippen LogP contribution in [-0.4, -0.2) is 76.8 Å². The molecule has 1 aromatic rings. The zero-order chi connectivity index (χ0) is 25.5. The quantitative estimate of drug-likeness (QED) is 0.187. The van der Waals surface area contributed by atoms with Crippen LogP contribution >= 0.6 is 0 Å². The van der Waals surface area contributed by atoms with E-state index in [4.69, 9.17) is 33.2 Å². The van der Waals surface area contributed by atoms with Gasteiger partial charge in [-0.3, -0.25) is 0 Å². The van der Waals surface area contributed by atoms with Gasteiger partial charge < -0.3 is 33.2 Å². The summed E-state index contributed by atoms with van der Waals surface area (Å²) in [6, 6.07) is 6.94. The van der Waals surface area contributed by atoms with Crippen LogP contribution in [0.4, 0.5) is 0 Å². The maximum absolute atomic E-state index is 11.7. The first-order valence-corrected chi connectivity index (χ1v) is 11.4. The van der Waals surface area contributed by atoms with Gasteiger partial charge >= 0.3 is 5.97 Å². The Morgan fingerprint density at radius 3 is 1.97 bits per heavy atom. The number of benzene rings is 1. The largest absolute Gasteiger partial charge is 0.465 e. The molecule has 0 radical (unpaired) electrons. The number of carbonyl (C=O) groups is 1. The zero-order valence-electron chi connectivity index (χ0n) is 20.3. The highest BCUT2D eigenvalue weighted by atomic mass is 16.7. The molecule has 8 heteroatoms. The third-order valence-corrected chi connectivity index (χ3v) is 5.12. The number of rotatable bonds is 17. The third-order valence-electron chi connectivity index (χ3n) is 5.12. The molecule has 0 aliphatic carbocycles. The van der Waals surface area contributed by atoms with Crippen LogP contribution in [0.2, 0.25) is 0 Å². The number of esters is 1. The van der Waals surface area contributed by atoms with E-state index in [1.807, 2.05) is 0 Å². The van der Waals surface area contributed by atoms with E-state index in [-0.39, 0.29) is 26.4 Å². The van der Waals surface area contributed by atoms with Crippen LogP contribution in [0.1, 0.15) is 15.9 Å². The number of methoxy groups -OCH3 is 1. The van der Waals surface area contributed by atoms with Crippen molar-refractivity contribution in [3.05, 3.63) is 86.0 Å². The van der Waals surface area contributed by atoms with Gasteiger partial charge in [0.25, 0.3) is 0 Å². The molecule has 0 unspecified atom stereocenters. The molecule has 0 saturated carbocycles. The molecule has 0 N–H and O–H groups in total. The standard InChI is InChI=1S/C27H36O8/c1-6-14-30-19-22-23(31-15-7-2)24(32-16-8-3)25(33-17-9-4)27(35-22)34-18-20-10-12-21(13-11-20)26(28)29-5/h6-13,22-25,27H,1-4,14-19H2,5H3/t22-,23-,24+,25-,27-/m1/s1. The highest BCUT2D eigenvalue weighted by Crippen LogP contribution is 2.30. The molecular formula is C27H36O8. The van der Waals surface area contributed by atoms with Gasteiger partial charge in [0.1, 0.15) is 24.4 Å². The van der Waals surface area contributed by atoms with Crippen LogP contribution in [0.25, 0.3) is 0 Å². The molecule has 5 atom stereocenters. The van der Waals surface area contributed by atoms with E-state index in [1.54, 1.807) is 48.6 Å². The Bertz CT molecular complexity index is 806. The van der Waals surface area contributed by atoms with E-state index in [0.29, 0.717) is 18.8 Å². The van der Waals surface area contributed by atoms with Gasteiger partial charge in [-0.05, 0) is 17.7 Å². The molecule has 1 fully saturated rings. The summed E-state index contributed by atoms with van der Waals surface area (Å²) in [7, 11) is 1.34. The van der Waals surface area contributed by atoms with Crippen LogP contribution in [0.3, 0.4) is 0 Å². The van der Waals surface area contributed by atoms with Crippen molar-refractivity contribution in [2.75, 3.05) is 40.1 Å². The minimum absolute atomic E-state index is 0.215. The van der Waals surface area contributed by atoms with Crippen molar-refractivity contribution in [2.45, 2.75) is 37.3 Å². The van der Waals surface area contributed by atoms with Gasteiger partial charge in [0.05, 0.1) is 52.3 Å². The second kappa shape index (κ2) is 16.1. The van der Waals surface area contributed by atoms with E-state index in [1.165, 1.54) is 7.11 Å². The molecule has 2 rings (SSSR count). The predicted molar refractivity (Wildman–Crippen MR) is 132 cm³/mol. The van der Waals surface area contributed by atoms with Crippen LogP contribution in [-0.2, 0) is 39.8 Å². The summed E-state index contributed by atoms with van der Waals surface area (Å²) in [6.45, 7) is 16.6. The van der Waals surface area contributed by atoms with Gasteiger partial charge in [-0.2, -0.15) is 0 Å². The number of hydrogen-bond acceptors (Lipinski definition) is 8. The Balaban J connectivity index is 2.25. The molecule has 1 aliphatic heterocycles. The monoisotopic (exact) mass is 488 g/mol. The topological polar surface area (TPSA) is 81.7 Å². The lowest BCUT2D eigenvalue weighted by Crippen LogP contribution is -2.62. The van der Waals surface area contributed by atoms with Crippen molar-refractivity contribution in [3.8, 4) is 0 Å². The molecule has 0 bridgehead atoms. The first-order chi connectivity index (χ1) is 17.1. The normalized spacial score (nSPS) is 23.9. The zero-order valence-corrected chi connectivity index (χ0v) is 20.3. The SMILES string of the molecule is C=CCOC[C@H]1O[C@@H](OCc2ccc(C(=O)OC)cc2)[C@H](OCC=C)[C@@H](OCC=C)[C@@H]1OCC=C. The van der Waals surface area contributed by atoms with E-state index >= 15 is 0 Å². The summed E-state index contributed by atoms with van der Waals surface area (Å²) in [5, 5.41) is 0. The van der Waals surface area contributed by atoms with Gasteiger partial charge in [-0.1, -0.05) is 36.4 Å². The van der Waals surface area contributed by atoms with E-state index in [9.17, 15) is 4.79 Å². The number of carbonyl (C=O) groups excluding carboxylic acids is 1. The van der Waals surface area contributed by atoms with Gasteiger partial charge in [0, 0.05) is 0 Å². The van der Waals surface area contributed by atoms with Gasteiger partial charge in [0.15, 0.2) is 6.29 Å². The summed E-state index contributed by atoms with van der Waals surface area (Å²) >= 11 is 0. The van der Waals surface area contributed by atoms with Crippen LogP contribution < -0.4 is 0 Å². The third kappa shape index (κ3) is 8.85. The van der Waals surface area contributed by atoms with Gasteiger partial charge in [0.2, 0.25) is 0 Å². The predicted octanol–water partition coefficient (Wildman–Crippen LogP) is 3.63. The lowest BCUT2D eigenvalue weighted by molar-refractivity contribution is -0.322. The lowest BCUT2D eigenvalue weighted by Gasteiger charge is -2.45. The van der Waals surface area contributed by atoms with Crippen LogP contribution in [0, 0.1) is 0 Å². The Morgan fingerprint density at radius 2 is 1.40 bits per heavy atom. The maximum Gasteiger partial charge on any atom is 0.337 e. The van der Waals surface area contributed by atoms with Crippen molar-refractivity contribution in [1.82, 2.24) is 0 Å². The molecule has 1 aromatic carbocycles. The second-order valence-corrected chi connectivity index (χ2v) is 7.63. The van der Waals surface area contributed by atoms with Crippen LogP contribution in [0.5, 0.6) is 0 Å². The molecule has 1 heterocycles. The van der Waals surface area contributed by atoms with E-state index < -0.39 is 36.7 Å². The first kappa shape index (κ1) is 28.6. The van der Waals surface area contributed by atoms with Crippen molar-refractivity contribution in [2.24, 2.45) is 0 Å². The summed E-state index contributed by atoms with van der Waals surface area (Å²) in [5.74, 6) is -0.402. The molecule has 8 nitrogen and oxygen atoms in total. The number of hydrogen-bond donors (Lipinski definition) is 0. The van der Waals surface area contributed by atoms with Gasteiger partial charge in [-0.25, -0.2) is 4.79 Å².